The van der Waals surface area contributed by atoms with Crippen LogP contribution >= 0.6 is 11.3 Å². The number of rotatable bonds is 4. The van der Waals surface area contributed by atoms with Crippen molar-refractivity contribution in [2.45, 2.75) is 44.6 Å². The molecule has 2 aromatic heterocycles. The van der Waals surface area contributed by atoms with E-state index in [1.807, 2.05) is 27.6 Å². The minimum atomic E-state index is 0.0287. The highest BCUT2D eigenvalue weighted by Crippen LogP contribution is 2.29. The Kier molecular flexibility index (Phi) is 4.16. The van der Waals surface area contributed by atoms with E-state index in [1.54, 1.807) is 17.5 Å². The van der Waals surface area contributed by atoms with Crippen LogP contribution < -0.4 is 5.32 Å². The van der Waals surface area contributed by atoms with Gasteiger partial charge in [-0.3, -0.25) is 4.79 Å². The Bertz CT molecular complexity index is 555. The van der Waals surface area contributed by atoms with Gasteiger partial charge >= 0.3 is 0 Å². The first-order valence-corrected chi connectivity index (χ1v) is 8.11. The first-order chi connectivity index (χ1) is 9.83. The third-order valence-corrected chi connectivity index (χ3v) is 4.54. The largest absolute Gasteiger partial charge is 0.311 e. The third-order valence-electron chi connectivity index (χ3n) is 3.80. The molecule has 106 valence electrons. The molecule has 1 fully saturated rings. The zero-order valence-corrected chi connectivity index (χ0v) is 12.2. The summed E-state index contributed by atoms with van der Waals surface area (Å²) >= 11 is 1.62. The summed E-state index contributed by atoms with van der Waals surface area (Å²) in [5, 5.41) is 11.4. The van der Waals surface area contributed by atoms with Crippen LogP contribution in [0.3, 0.4) is 0 Å². The van der Waals surface area contributed by atoms with E-state index in [0.717, 1.165) is 24.2 Å². The highest BCUT2D eigenvalue weighted by Gasteiger charge is 2.19. The average Bonchev–Trinajstić information content (AvgIpc) is 3.11. The third kappa shape index (κ3) is 3.10. The smallest absolute Gasteiger partial charge is 0.229 e. The fourth-order valence-electron chi connectivity index (χ4n) is 2.80. The quantitative estimate of drug-likeness (QED) is 0.934. The van der Waals surface area contributed by atoms with E-state index in [2.05, 4.69) is 10.4 Å². The van der Waals surface area contributed by atoms with Crippen LogP contribution in [0.15, 0.2) is 29.1 Å². The fourth-order valence-corrected chi connectivity index (χ4v) is 3.46. The molecule has 0 atom stereocenters. The van der Waals surface area contributed by atoms with E-state index in [4.69, 9.17) is 0 Å². The van der Waals surface area contributed by atoms with Crippen molar-refractivity contribution in [3.05, 3.63) is 34.7 Å². The zero-order valence-electron chi connectivity index (χ0n) is 11.4. The van der Waals surface area contributed by atoms with E-state index < -0.39 is 0 Å². The van der Waals surface area contributed by atoms with Crippen LogP contribution in [-0.4, -0.2) is 15.7 Å². The summed E-state index contributed by atoms with van der Waals surface area (Å²) in [6.45, 7) is 0. The molecule has 20 heavy (non-hydrogen) atoms. The number of anilines is 1. The van der Waals surface area contributed by atoms with Gasteiger partial charge in [0.05, 0.1) is 18.7 Å². The second kappa shape index (κ2) is 6.22. The molecule has 0 spiro atoms. The van der Waals surface area contributed by atoms with Crippen LogP contribution in [-0.2, 0) is 11.2 Å². The molecular weight excluding hydrogens is 270 g/mol. The number of amides is 1. The van der Waals surface area contributed by atoms with Gasteiger partial charge in [-0.1, -0.05) is 19.3 Å². The first kappa shape index (κ1) is 13.4. The van der Waals surface area contributed by atoms with Crippen molar-refractivity contribution in [3.63, 3.8) is 0 Å². The second-order valence-electron chi connectivity index (χ2n) is 5.31. The van der Waals surface area contributed by atoms with Gasteiger partial charge in [0.2, 0.25) is 5.91 Å². The number of nitrogens with one attached hydrogen (secondary N) is 1. The Balaban J connectivity index is 1.65. The standard InChI is InChI=1S/C15H19N3OS/c19-15(10-12-7-9-20-11-12)17-14-6-8-16-18(14)13-4-2-1-3-5-13/h6-9,11,13H,1-5,10H2,(H,17,19). The van der Waals surface area contributed by atoms with Crippen LogP contribution in [0.25, 0.3) is 0 Å². The summed E-state index contributed by atoms with van der Waals surface area (Å²) in [7, 11) is 0. The Labute approximate surface area is 122 Å². The normalized spacial score (nSPS) is 16.2. The SMILES string of the molecule is O=C(Cc1ccsc1)Nc1ccnn1C1CCCCC1. The van der Waals surface area contributed by atoms with Crippen molar-refractivity contribution >= 4 is 23.1 Å². The molecule has 1 aliphatic carbocycles. The molecule has 0 aliphatic heterocycles. The monoisotopic (exact) mass is 289 g/mol. The summed E-state index contributed by atoms with van der Waals surface area (Å²) < 4.78 is 1.99. The molecule has 1 saturated carbocycles. The number of nitrogens with zero attached hydrogens (tertiary/aromatic N) is 2. The molecule has 0 aromatic carbocycles. The maximum atomic E-state index is 12.1. The zero-order chi connectivity index (χ0) is 13.8. The van der Waals surface area contributed by atoms with Gasteiger partial charge in [0.25, 0.3) is 0 Å². The number of aromatic nitrogens is 2. The number of carbonyl (C=O) groups is 1. The van der Waals surface area contributed by atoms with Crippen LogP contribution in [0.1, 0.15) is 43.7 Å². The predicted octanol–water partition coefficient (Wildman–Crippen LogP) is 3.63. The summed E-state index contributed by atoms with van der Waals surface area (Å²) in [4.78, 5) is 12.1. The lowest BCUT2D eigenvalue weighted by Gasteiger charge is -2.23. The summed E-state index contributed by atoms with van der Waals surface area (Å²) in [6.07, 6.45) is 8.36. The second-order valence-corrected chi connectivity index (χ2v) is 6.09. The number of carbonyl (C=O) groups excluding carboxylic acids is 1. The molecule has 1 N–H and O–H groups in total. The molecule has 3 rings (SSSR count). The van der Waals surface area contributed by atoms with Crippen LogP contribution in [0.4, 0.5) is 5.82 Å². The highest BCUT2D eigenvalue weighted by atomic mass is 32.1. The maximum absolute atomic E-state index is 12.1. The predicted molar refractivity (Wildman–Crippen MR) is 81.0 cm³/mol. The highest BCUT2D eigenvalue weighted by molar-refractivity contribution is 7.08. The fraction of sp³-hybridized carbons (Fsp3) is 0.467. The molecule has 0 bridgehead atoms. The summed E-state index contributed by atoms with van der Waals surface area (Å²) in [6, 6.07) is 4.32. The van der Waals surface area contributed by atoms with Crippen molar-refractivity contribution < 1.29 is 4.79 Å². The van der Waals surface area contributed by atoms with Gasteiger partial charge in [0, 0.05) is 6.07 Å². The Morgan fingerprint density at radius 3 is 2.95 bits per heavy atom. The van der Waals surface area contributed by atoms with Crippen molar-refractivity contribution in [3.8, 4) is 0 Å². The van der Waals surface area contributed by atoms with Gasteiger partial charge in [0.15, 0.2) is 0 Å². The van der Waals surface area contributed by atoms with Crippen molar-refractivity contribution in [1.82, 2.24) is 9.78 Å². The molecule has 1 aliphatic rings. The molecule has 4 nitrogen and oxygen atoms in total. The number of hydrogen-bond acceptors (Lipinski definition) is 3. The molecule has 0 radical (unpaired) electrons. The van der Waals surface area contributed by atoms with Crippen LogP contribution in [0.2, 0.25) is 0 Å². The van der Waals surface area contributed by atoms with E-state index in [9.17, 15) is 4.79 Å². The maximum Gasteiger partial charge on any atom is 0.229 e. The van der Waals surface area contributed by atoms with Crippen molar-refractivity contribution in [2.24, 2.45) is 0 Å². The van der Waals surface area contributed by atoms with E-state index >= 15 is 0 Å². The van der Waals surface area contributed by atoms with E-state index in [0.29, 0.717) is 12.5 Å². The molecule has 0 unspecified atom stereocenters. The van der Waals surface area contributed by atoms with Crippen LogP contribution in [0.5, 0.6) is 0 Å². The van der Waals surface area contributed by atoms with Crippen molar-refractivity contribution in [1.29, 1.82) is 0 Å². The molecule has 1 amide bonds. The lowest BCUT2D eigenvalue weighted by atomic mass is 9.96. The van der Waals surface area contributed by atoms with Gasteiger partial charge < -0.3 is 5.32 Å². The number of hydrogen-bond donors (Lipinski definition) is 1. The summed E-state index contributed by atoms with van der Waals surface area (Å²) in [5.74, 6) is 0.859. The van der Waals surface area contributed by atoms with E-state index in [1.165, 1.54) is 19.3 Å². The van der Waals surface area contributed by atoms with Gasteiger partial charge in [-0.25, -0.2) is 4.68 Å². The minimum Gasteiger partial charge on any atom is -0.311 e. The van der Waals surface area contributed by atoms with E-state index in [-0.39, 0.29) is 5.91 Å². The van der Waals surface area contributed by atoms with Gasteiger partial charge in [-0.2, -0.15) is 16.4 Å². The topological polar surface area (TPSA) is 46.9 Å². The Morgan fingerprint density at radius 1 is 1.35 bits per heavy atom. The van der Waals surface area contributed by atoms with Crippen LogP contribution in [0, 0.1) is 0 Å². The van der Waals surface area contributed by atoms with Gasteiger partial charge in [-0.05, 0) is 35.2 Å². The molecule has 5 heteroatoms. The lowest BCUT2D eigenvalue weighted by Crippen LogP contribution is -2.21. The first-order valence-electron chi connectivity index (χ1n) is 7.17. The van der Waals surface area contributed by atoms with Gasteiger partial charge in [0.1, 0.15) is 5.82 Å². The minimum absolute atomic E-state index is 0.0287. The van der Waals surface area contributed by atoms with Gasteiger partial charge in [-0.15, -0.1) is 0 Å². The average molecular weight is 289 g/mol. The molecule has 2 aromatic rings. The molecule has 2 heterocycles. The number of thiophene rings is 1. The lowest BCUT2D eigenvalue weighted by molar-refractivity contribution is -0.115. The molecular formula is C15H19N3OS. The Morgan fingerprint density at radius 2 is 2.20 bits per heavy atom. The molecule has 0 saturated heterocycles. The van der Waals surface area contributed by atoms with Crippen molar-refractivity contribution in [2.75, 3.05) is 5.32 Å². The Hall–Kier alpha value is -1.62. The summed E-state index contributed by atoms with van der Waals surface area (Å²) in [5.41, 5.74) is 1.07.